The SMILES string of the molecule is CCC(=O)Nc1ccc(Nc2ncnc3cc(Cl)ccc23)cc1. The van der Waals surface area contributed by atoms with Gasteiger partial charge in [-0.25, -0.2) is 9.97 Å². The standard InChI is InChI=1S/C17H15ClN4O/c1-2-16(23)21-12-4-6-13(7-5-12)22-17-14-8-3-11(18)9-15(14)19-10-20-17/h3-10H,2H2,1H3,(H,21,23)(H,19,20,22). The van der Waals surface area contributed by atoms with Gasteiger partial charge in [-0.1, -0.05) is 18.5 Å². The molecular weight excluding hydrogens is 312 g/mol. The molecule has 1 heterocycles. The van der Waals surface area contributed by atoms with Crippen LogP contribution in [0, 0.1) is 0 Å². The highest BCUT2D eigenvalue weighted by atomic mass is 35.5. The molecule has 5 nitrogen and oxygen atoms in total. The van der Waals surface area contributed by atoms with Gasteiger partial charge in [-0.05, 0) is 42.5 Å². The predicted octanol–water partition coefficient (Wildman–Crippen LogP) is 4.38. The number of nitrogens with one attached hydrogen (secondary N) is 2. The zero-order chi connectivity index (χ0) is 16.2. The first-order valence-electron chi connectivity index (χ1n) is 7.23. The van der Waals surface area contributed by atoms with Crippen molar-refractivity contribution < 1.29 is 4.79 Å². The Morgan fingerprint density at radius 3 is 2.57 bits per heavy atom. The fourth-order valence-corrected chi connectivity index (χ4v) is 2.32. The topological polar surface area (TPSA) is 66.9 Å². The number of carbonyl (C=O) groups excluding carboxylic acids is 1. The van der Waals surface area contributed by atoms with Gasteiger partial charge in [0.05, 0.1) is 5.52 Å². The number of carbonyl (C=O) groups is 1. The maximum absolute atomic E-state index is 11.4. The van der Waals surface area contributed by atoms with Crippen molar-refractivity contribution in [2.24, 2.45) is 0 Å². The van der Waals surface area contributed by atoms with E-state index in [9.17, 15) is 4.79 Å². The highest BCUT2D eigenvalue weighted by Gasteiger charge is 2.05. The summed E-state index contributed by atoms with van der Waals surface area (Å²) in [6.07, 6.45) is 1.95. The van der Waals surface area contributed by atoms with Crippen LogP contribution in [0.1, 0.15) is 13.3 Å². The van der Waals surface area contributed by atoms with Crippen molar-refractivity contribution >= 4 is 45.6 Å². The molecule has 0 aliphatic rings. The summed E-state index contributed by atoms with van der Waals surface area (Å²) in [4.78, 5) is 19.9. The van der Waals surface area contributed by atoms with E-state index in [1.54, 1.807) is 6.07 Å². The van der Waals surface area contributed by atoms with Gasteiger partial charge in [0.25, 0.3) is 0 Å². The second-order valence-corrected chi connectivity index (χ2v) is 5.42. The molecule has 0 saturated carbocycles. The fraction of sp³-hybridized carbons (Fsp3) is 0.118. The van der Waals surface area contributed by atoms with Gasteiger partial charge in [-0.15, -0.1) is 0 Å². The van der Waals surface area contributed by atoms with Gasteiger partial charge < -0.3 is 10.6 Å². The summed E-state index contributed by atoms with van der Waals surface area (Å²) in [5.74, 6) is 0.696. The van der Waals surface area contributed by atoms with Crippen molar-refractivity contribution in [1.82, 2.24) is 9.97 Å². The lowest BCUT2D eigenvalue weighted by Gasteiger charge is -2.09. The van der Waals surface area contributed by atoms with E-state index in [0.29, 0.717) is 17.3 Å². The minimum absolute atomic E-state index is 0.00983. The van der Waals surface area contributed by atoms with E-state index in [0.717, 1.165) is 22.3 Å². The van der Waals surface area contributed by atoms with Crippen LogP contribution in [0.25, 0.3) is 10.9 Å². The van der Waals surface area contributed by atoms with Crippen LogP contribution in [0.3, 0.4) is 0 Å². The number of hydrogen-bond acceptors (Lipinski definition) is 4. The van der Waals surface area contributed by atoms with Crippen LogP contribution in [0.4, 0.5) is 17.2 Å². The molecule has 0 atom stereocenters. The second kappa shape index (κ2) is 6.62. The van der Waals surface area contributed by atoms with E-state index in [1.165, 1.54) is 6.33 Å². The third-order valence-electron chi connectivity index (χ3n) is 3.35. The van der Waals surface area contributed by atoms with Gasteiger partial charge in [-0.2, -0.15) is 0 Å². The smallest absolute Gasteiger partial charge is 0.224 e. The number of fused-ring (bicyclic) bond motifs is 1. The number of aromatic nitrogens is 2. The monoisotopic (exact) mass is 326 g/mol. The lowest BCUT2D eigenvalue weighted by molar-refractivity contribution is -0.115. The highest BCUT2D eigenvalue weighted by Crippen LogP contribution is 2.25. The summed E-state index contributed by atoms with van der Waals surface area (Å²) in [6, 6.07) is 12.9. The van der Waals surface area contributed by atoms with E-state index < -0.39 is 0 Å². The molecule has 6 heteroatoms. The second-order valence-electron chi connectivity index (χ2n) is 4.99. The number of halogens is 1. The van der Waals surface area contributed by atoms with Crippen LogP contribution in [0.5, 0.6) is 0 Å². The lowest BCUT2D eigenvalue weighted by atomic mass is 10.2. The van der Waals surface area contributed by atoms with Gasteiger partial charge in [0.1, 0.15) is 12.1 Å². The number of amides is 1. The van der Waals surface area contributed by atoms with Crippen LogP contribution >= 0.6 is 11.6 Å². The molecule has 2 N–H and O–H groups in total. The minimum Gasteiger partial charge on any atom is -0.340 e. The van der Waals surface area contributed by atoms with E-state index in [1.807, 2.05) is 43.3 Å². The summed E-state index contributed by atoms with van der Waals surface area (Å²) < 4.78 is 0. The van der Waals surface area contributed by atoms with Crippen molar-refractivity contribution in [1.29, 1.82) is 0 Å². The van der Waals surface area contributed by atoms with E-state index in [2.05, 4.69) is 20.6 Å². The van der Waals surface area contributed by atoms with E-state index in [4.69, 9.17) is 11.6 Å². The maximum Gasteiger partial charge on any atom is 0.224 e. The molecule has 116 valence electrons. The van der Waals surface area contributed by atoms with Crippen molar-refractivity contribution in [3.63, 3.8) is 0 Å². The maximum atomic E-state index is 11.4. The van der Waals surface area contributed by atoms with Crippen LogP contribution in [0.2, 0.25) is 5.02 Å². The van der Waals surface area contributed by atoms with Gasteiger partial charge >= 0.3 is 0 Å². The Morgan fingerprint density at radius 1 is 1.09 bits per heavy atom. The zero-order valence-electron chi connectivity index (χ0n) is 12.5. The quantitative estimate of drug-likeness (QED) is 0.746. The number of rotatable bonds is 4. The molecule has 1 aromatic heterocycles. The largest absolute Gasteiger partial charge is 0.340 e. The molecule has 2 aromatic carbocycles. The fourth-order valence-electron chi connectivity index (χ4n) is 2.15. The molecule has 23 heavy (non-hydrogen) atoms. The van der Waals surface area contributed by atoms with Crippen LogP contribution in [-0.4, -0.2) is 15.9 Å². The molecule has 0 bridgehead atoms. The molecule has 1 amide bonds. The first-order chi connectivity index (χ1) is 11.2. The first-order valence-corrected chi connectivity index (χ1v) is 7.60. The Balaban J connectivity index is 1.83. The third kappa shape index (κ3) is 3.57. The normalized spacial score (nSPS) is 10.5. The van der Waals surface area contributed by atoms with Crippen LogP contribution < -0.4 is 10.6 Å². The summed E-state index contributed by atoms with van der Waals surface area (Å²) >= 11 is 5.99. The van der Waals surface area contributed by atoms with Gasteiger partial charge in [0.15, 0.2) is 0 Å². The molecular formula is C17H15ClN4O. The molecule has 3 aromatic rings. The molecule has 0 fully saturated rings. The van der Waals surface area contributed by atoms with Gasteiger partial charge in [-0.3, -0.25) is 4.79 Å². The highest BCUT2D eigenvalue weighted by molar-refractivity contribution is 6.31. The number of hydrogen-bond donors (Lipinski definition) is 2. The van der Waals surface area contributed by atoms with E-state index in [-0.39, 0.29) is 5.91 Å². The Morgan fingerprint density at radius 2 is 1.83 bits per heavy atom. The molecule has 0 spiro atoms. The molecule has 0 aliphatic heterocycles. The van der Waals surface area contributed by atoms with Gasteiger partial charge in [0, 0.05) is 28.2 Å². The third-order valence-corrected chi connectivity index (χ3v) is 3.59. The van der Waals surface area contributed by atoms with Crippen molar-refractivity contribution in [2.75, 3.05) is 10.6 Å². The van der Waals surface area contributed by atoms with Crippen LogP contribution in [-0.2, 0) is 4.79 Å². The molecule has 0 aliphatic carbocycles. The number of anilines is 3. The summed E-state index contributed by atoms with van der Waals surface area (Å²) in [5, 5.41) is 7.59. The Kier molecular flexibility index (Phi) is 4.39. The summed E-state index contributed by atoms with van der Waals surface area (Å²) in [5.41, 5.74) is 2.41. The molecule has 0 radical (unpaired) electrons. The predicted molar refractivity (Wildman–Crippen MR) is 93.2 cm³/mol. The van der Waals surface area contributed by atoms with Crippen molar-refractivity contribution in [3.8, 4) is 0 Å². The zero-order valence-corrected chi connectivity index (χ0v) is 13.3. The first kappa shape index (κ1) is 15.2. The lowest BCUT2D eigenvalue weighted by Crippen LogP contribution is -2.09. The summed E-state index contributed by atoms with van der Waals surface area (Å²) in [6.45, 7) is 1.82. The minimum atomic E-state index is -0.00983. The van der Waals surface area contributed by atoms with Crippen LogP contribution in [0.15, 0.2) is 48.8 Å². The van der Waals surface area contributed by atoms with E-state index >= 15 is 0 Å². The molecule has 0 unspecified atom stereocenters. The summed E-state index contributed by atoms with van der Waals surface area (Å²) in [7, 11) is 0. The molecule has 3 rings (SSSR count). The molecule has 0 saturated heterocycles. The number of nitrogens with zero attached hydrogens (tertiary/aromatic N) is 2. The Bertz CT molecular complexity index is 849. The Hall–Kier alpha value is -2.66. The average molecular weight is 327 g/mol. The Labute approximate surface area is 138 Å². The van der Waals surface area contributed by atoms with Gasteiger partial charge in [0.2, 0.25) is 5.91 Å². The number of benzene rings is 2. The van der Waals surface area contributed by atoms with Crippen molar-refractivity contribution in [3.05, 3.63) is 53.8 Å². The van der Waals surface area contributed by atoms with Crippen molar-refractivity contribution in [2.45, 2.75) is 13.3 Å². The average Bonchev–Trinajstić information content (AvgIpc) is 2.56.